The van der Waals surface area contributed by atoms with Gasteiger partial charge >= 0.3 is 0 Å². The molecule has 1 saturated heterocycles. The molecule has 1 aliphatic heterocycles. The van der Waals surface area contributed by atoms with E-state index in [-0.39, 0.29) is 11.9 Å². The third-order valence-corrected chi connectivity index (χ3v) is 4.19. The highest BCUT2D eigenvalue weighted by atomic mass is 19.1. The molecule has 0 bridgehead atoms. The lowest BCUT2D eigenvalue weighted by atomic mass is 10.2. The molecule has 1 aromatic carbocycles. The lowest BCUT2D eigenvalue weighted by Gasteiger charge is -2.19. The van der Waals surface area contributed by atoms with Gasteiger partial charge in [-0.05, 0) is 31.5 Å². The number of halogens is 1. The van der Waals surface area contributed by atoms with E-state index in [2.05, 4.69) is 30.2 Å². The van der Waals surface area contributed by atoms with E-state index < -0.39 is 0 Å². The van der Waals surface area contributed by atoms with Gasteiger partial charge in [0, 0.05) is 42.5 Å². The molecule has 1 aliphatic rings. The van der Waals surface area contributed by atoms with E-state index >= 15 is 0 Å². The average molecular weight is 324 g/mol. The molecule has 1 atom stereocenters. The number of nitrogens with zero attached hydrogens (tertiary/aromatic N) is 5. The predicted molar refractivity (Wildman–Crippen MR) is 90.5 cm³/mol. The highest BCUT2D eigenvalue weighted by Gasteiger charge is 2.25. The molecule has 1 unspecified atom stereocenters. The summed E-state index contributed by atoms with van der Waals surface area (Å²) in [5, 5.41) is 4.24. The van der Waals surface area contributed by atoms with Gasteiger partial charge in [-0.3, -0.25) is 0 Å². The largest absolute Gasteiger partial charge is 0.354 e. The maximum Gasteiger partial charge on any atom is 0.223 e. The van der Waals surface area contributed by atoms with E-state index in [9.17, 15) is 4.39 Å². The van der Waals surface area contributed by atoms with Gasteiger partial charge in [-0.1, -0.05) is 0 Å². The van der Waals surface area contributed by atoms with Crippen molar-refractivity contribution in [3.05, 3.63) is 48.3 Å². The molecule has 0 spiro atoms. The molecule has 0 saturated carbocycles. The second-order valence-electron chi connectivity index (χ2n) is 5.96. The Morgan fingerprint density at radius 3 is 3.00 bits per heavy atom. The van der Waals surface area contributed by atoms with E-state index in [1.165, 1.54) is 18.5 Å². The van der Waals surface area contributed by atoms with Crippen LogP contribution in [0.4, 0.5) is 16.2 Å². The van der Waals surface area contributed by atoms with Crippen LogP contribution in [0.15, 0.2) is 36.8 Å². The number of nitrogens with one attached hydrogen (secondary N) is 1. The van der Waals surface area contributed by atoms with Crippen molar-refractivity contribution in [1.82, 2.24) is 19.9 Å². The summed E-state index contributed by atoms with van der Waals surface area (Å²) in [4.78, 5) is 19.4. The topological polar surface area (TPSA) is 66.8 Å². The summed E-state index contributed by atoms with van der Waals surface area (Å²) in [6, 6.07) is 6.74. The zero-order chi connectivity index (χ0) is 16.5. The van der Waals surface area contributed by atoms with Gasteiger partial charge in [-0.2, -0.15) is 0 Å². The van der Waals surface area contributed by atoms with Crippen molar-refractivity contribution in [2.45, 2.75) is 19.4 Å². The molecule has 1 N–H and O–H groups in total. The molecule has 3 heterocycles. The van der Waals surface area contributed by atoms with Crippen LogP contribution >= 0.6 is 0 Å². The third kappa shape index (κ3) is 2.84. The Labute approximate surface area is 138 Å². The van der Waals surface area contributed by atoms with Crippen molar-refractivity contribution >= 4 is 22.7 Å². The third-order valence-electron chi connectivity index (χ3n) is 4.19. The van der Waals surface area contributed by atoms with Gasteiger partial charge in [0.15, 0.2) is 0 Å². The van der Waals surface area contributed by atoms with Crippen LogP contribution in [0, 0.1) is 12.7 Å². The van der Waals surface area contributed by atoms with E-state index in [1.807, 2.05) is 13.0 Å². The van der Waals surface area contributed by atoms with Crippen molar-refractivity contribution in [3.63, 3.8) is 0 Å². The average Bonchev–Trinajstić information content (AvgIpc) is 3.02. The zero-order valence-corrected chi connectivity index (χ0v) is 13.3. The fourth-order valence-corrected chi connectivity index (χ4v) is 3.04. The van der Waals surface area contributed by atoms with Gasteiger partial charge in [0.1, 0.15) is 18.0 Å². The number of hydrogen-bond donors (Lipinski definition) is 1. The minimum atomic E-state index is -0.287. The smallest absolute Gasteiger partial charge is 0.223 e. The van der Waals surface area contributed by atoms with E-state index in [4.69, 9.17) is 0 Å². The second kappa shape index (κ2) is 5.99. The molecule has 2 aromatic heterocycles. The lowest BCUT2D eigenvalue weighted by molar-refractivity contribution is 0.629. The Morgan fingerprint density at radius 1 is 1.21 bits per heavy atom. The molecule has 122 valence electrons. The summed E-state index contributed by atoms with van der Waals surface area (Å²) in [6.45, 7) is 3.60. The van der Waals surface area contributed by atoms with Crippen molar-refractivity contribution in [3.8, 4) is 0 Å². The molecular weight excluding hydrogens is 307 g/mol. The Morgan fingerprint density at radius 2 is 2.12 bits per heavy atom. The quantitative estimate of drug-likeness (QED) is 0.799. The molecule has 6 nitrogen and oxygen atoms in total. The van der Waals surface area contributed by atoms with Crippen LogP contribution in [0.1, 0.15) is 12.1 Å². The molecule has 1 fully saturated rings. The summed E-state index contributed by atoms with van der Waals surface area (Å²) in [7, 11) is 0. The van der Waals surface area contributed by atoms with Gasteiger partial charge in [-0.15, -0.1) is 0 Å². The fourth-order valence-electron chi connectivity index (χ4n) is 3.04. The normalized spacial score (nSPS) is 17.4. The second-order valence-corrected chi connectivity index (χ2v) is 5.96. The summed E-state index contributed by atoms with van der Waals surface area (Å²) in [5.41, 5.74) is 1.56. The van der Waals surface area contributed by atoms with E-state index in [0.29, 0.717) is 11.5 Å². The monoisotopic (exact) mass is 324 g/mol. The van der Waals surface area contributed by atoms with Crippen molar-refractivity contribution in [2.75, 3.05) is 23.3 Å². The maximum atomic E-state index is 13.4. The molecular formula is C17H17FN6. The predicted octanol–water partition coefficient (Wildman–Crippen LogP) is 2.56. The van der Waals surface area contributed by atoms with Crippen molar-refractivity contribution in [2.24, 2.45) is 0 Å². The fraction of sp³-hybridized carbons (Fsp3) is 0.294. The molecule has 0 radical (unpaired) electrons. The number of aryl methyl sites for hydroxylation is 1. The van der Waals surface area contributed by atoms with Gasteiger partial charge in [0.2, 0.25) is 5.95 Å². The minimum absolute atomic E-state index is 0.247. The van der Waals surface area contributed by atoms with Crippen LogP contribution in [0.25, 0.3) is 10.9 Å². The van der Waals surface area contributed by atoms with Crippen LogP contribution in [0.3, 0.4) is 0 Å². The first-order chi connectivity index (χ1) is 11.7. The lowest BCUT2D eigenvalue weighted by Crippen LogP contribution is -2.27. The Balaban J connectivity index is 1.55. The first-order valence-corrected chi connectivity index (χ1v) is 7.90. The molecule has 3 aromatic rings. The first kappa shape index (κ1) is 14.7. The molecule has 7 heteroatoms. The van der Waals surface area contributed by atoms with Crippen molar-refractivity contribution in [1.29, 1.82) is 0 Å². The Hall–Kier alpha value is -2.83. The number of hydrogen-bond acceptors (Lipinski definition) is 6. The summed E-state index contributed by atoms with van der Waals surface area (Å²) < 4.78 is 13.4. The van der Waals surface area contributed by atoms with E-state index in [0.717, 1.165) is 36.4 Å². The van der Waals surface area contributed by atoms with Crippen LogP contribution in [0.2, 0.25) is 0 Å². The van der Waals surface area contributed by atoms with Crippen LogP contribution < -0.4 is 10.2 Å². The maximum absolute atomic E-state index is 13.4. The number of fused-ring (bicyclic) bond motifs is 1. The molecule has 4 rings (SSSR count). The summed E-state index contributed by atoms with van der Waals surface area (Å²) in [5.74, 6) is 1.20. The summed E-state index contributed by atoms with van der Waals surface area (Å²) in [6.07, 6.45) is 4.20. The van der Waals surface area contributed by atoms with Gasteiger partial charge in [-0.25, -0.2) is 24.3 Å². The number of benzene rings is 1. The Kier molecular flexibility index (Phi) is 3.68. The van der Waals surface area contributed by atoms with Gasteiger partial charge in [0.25, 0.3) is 0 Å². The Bertz CT molecular complexity index is 884. The molecule has 0 amide bonds. The highest BCUT2D eigenvalue weighted by molar-refractivity contribution is 5.89. The first-order valence-electron chi connectivity index (χ1n) is 7.90. The summed E-state index contributed by atoms with van der Waals surface area (Å²) >= 11 is 0. The van der Waals surface area contributed by atoms with Gasteiger partial charge in [0.05, 0.1) is 5.52 Å². The molecule has 24 heavy (non-hydrogen) atoms. The zero-order valence-electron chi connectivity index (χ0n) is 13.3. The van der Waals surface area contributed by atoms with Crippen molar-refractivity contribution < 1.29 is 4.39 Å². The van der Waals surface area contributed by atoms with Gasteiger partial charge < -0.3 is 10.2 Å². The highest BCUT2D eigenvalue weighted by Crippen LogP contribution is 2.27. The van der Waals surface area contributed by atoms with E-state index in [1.54, 1.807) is 12.3 Å². The number of anilines is 2. The number of aromatic nitrogens is 4. The van der Waals surface area contributed by atoms with Crippen LogP contribution in [-0.2, 0) is 0 Å². The number of rotatable bonds is 3. The SMILES string of the molecule is Cc1ccnc(NC2CCN(c3ncnc4cc(F)ccc34)C2)n1. The van der Waals surface area contributed by atoms with Crippen LogP contribution in [-0.4, -0.2) is 39.1 Å². The van der Waals surface area contributed by atoms with Crippen LogP contribution in [0.5, 0.6) is 0 Å². The molecule has 0 aliphatic carbocycles. The standard InChI is InChI=1S/C17H17FN6/c1-11-4-6-19-17(22-11)23-13-5-7-24(9-13)16-14-3-2-12(18)8-15(14)20-10-21-16/h2-4,6,8,10,13H,5,7,9H2,1H3,(H,19,22,23). The minimum Gasteiger partial charge on any atom is -0.354 e.